The van der Waals surface area contributed by atoms with Crippen LogP contribution in [0.3, 0.4) is 0 Å². The Hall–Kier alpha value is -0.430. The van der Waals surface area contributed by atoms with E-state index in [4.69, 9.17) is 0 Å². The van der Waals surface area contributed by atoms with E-state index in [1.165, 1.54) is 22.7 Å². The van der Waals surface area contributed by atoms with Gasteiger partial charge in [0.05, 0.1) is 5.75 Å². The van der Waals surface area contributed by atoms with E-state index < -0.39 is 16.1 Å². The monoisotopic (exact) mass is 249 g/mol. The molecule has 1 aromatic heterocycles. The van der Waals surface area contributed by atoms with Crippen LogP contribution in [0.1, 0.15) is 17.9 Å². The van der Waals surface area contributed by atoms with Gasteiger partial charge in [0, 0.05) is 18.5 Å². The van der Waals surface area contributed by atoms with Gasteiger partial charge >= 0.3 is 0 Å². The SMILES string of the molecule is CCS(=O)(=O)N(C)CC(O)c1cccs1. The van der Waals surface area contributed by atoms with Crippen LogP contribution in [-0.2, 0) is 10.0 Å². The quantitative estimate of drug-likeness (QED) is 0.849. The summed E-state index contributed by atoms with van der Waals surface area (Å²) in [5.74, 6) is 0.0562. The van der Waals surface area contributed by atoms with Gasteiger partial charge in [-0.2, -0.15) is 0 Å². The van der Waals surface area contributed by atoms with E-state index in [9.17, 15) is 13.5 Å². The predicted molar refractivity (Wildman–Crippen MR) is 61.4 cm³/mol. The van der Waals surface area contributed by atoms with Crippen molar-refractivity contribution in [2.24, 2.45) is 0 Å². The Balaban J connectivity index is 2.64. The Morgan fingerprint density at radius 3 is 2.73 bits per heavy atom. The first kappa shape index (κ1) is 12.6. The molecule has 0 amide bonds. The summed E-state index contributed by atoms with van der Waals surface area (Å²) in [6, 6.07) is 3.62. The van der Waals surface area contributed by atoms with Gasteiger partial charge in [-0.05, 0) is 18.4 Å². The second-order valence-corrected chi connectivity index (χ2v) is 6.56. The zero-order valence-corrected chi connectivity index (χ0v) is 10.4. The summed E-state index contributed by atoms with van der Waals surface area (Å²) >= 11 is 1.42. The van der Waals surface area contributed by atoms with Crippen molar-refractivity contribution in [1.29, 1.82) is 0 Å². The maximum Gasteiger partial charge on any atom is 0.213 e. The van der Waals surface area contributed by atoms with Crippen LogP contribution in [0.4, 0.5) is 0 Å². The number of rotatable bonds is 5. The molecular weight excluding hydrogens is 234 g/mol. The van der Waals surface area contributed by atoms with Gasteiger partial charge in [-0.15, -0.1) is 11.3 Å². The van der Waals surface area contributed by atoms with Crippen molar-refractivity contribution < 1.29 is 13.5 Å². The molecule has 0 bridgehead atoms. The molecule has 0 aliphatic heterocycles. The number of hydrogen-bond acceptors (Lipinski definition) is 4. The van der Waals surface area contributed by atoms with E-state index in [1.807, 2.05) is 11.4 Å². The molecule has 0 saturated carbocycles. The Kier molecular flexibility index (Phi) is 4.27. The molecule has 1 heterocycles. The molecule has 6 heteroatoms. The highest BCUT2D eigenvalue weighted by Gasteiger charge is 2.19. The van der Waals surface area contributed by atoms with Gasteiger partial charge in [0.15, 0.2) is 0 Å². The van der Waals surface area contributed by atoms with E-state index in [1.54, 1.807) is 13.0 Å². The fourth-order valence-corrected chi connectivity index (χ4v) is 2.66. The first-order valence-corrected chi connectivity index (χ1v) is 7.11. The normalized spacial score (nSPS) is 14.4. The van der Waals surface area contributed by atoms with Crippen molar-refractivity contribution in [2.75, 3.05) is 19.3 Å². The number of likely N-dealkylation sites (N-methyl/N-ethyl adjacent to an activating group) is 1. The third-order valence-electron chi connectivity index (χ3n) is 2.14. The lowest BCUT2D eigenvalue weighted by Crippen LogP contribution is -2.32. The average molecular weight is 249 g/mol. The number of sulfonamides is 1. The molecule has 1 N–H and O–H groups in total. The Morgan fingerprint density at radius 1 is 1.60 bits per heavy atom. The molecule has 1 aromatic rings. The second-order valence-electron chi connectivity index (χ2n) is 3.21. The van der Waals surface area contributed by atoms with E-state index in [-0.39, 0.29) is 12.3 Å². The Morgan fingerprint density at radius 2 is 2.27 bits per heavy atom. The number of nitrogens with zero attached hydrogens (tertiary/aromatic N) is 1. The summed E-state index contributed by atoms with van der Waals surface area (Å²) in [6.45, 7) is 1.69. The lowest BCUT2D eigenvalue weighted by molar-refractivity contribution is 0.158. The lowest BCUT2D eigenvalue weighted by Gasteiger charge is -2.18. The van der Waals surface area contributed by atoms with Crippen molar-refractivity contribution in [1.82, 2.24) is 4.31 Å². The van der Waals surface area contributed by atoms with Gasteiger partial charge in [0.1, 0.15) is 6.10 Å². The van der Waals surface area contributed by atoms with E-state index in [2.05, 4.69) is 0 Å². The molecule has 15 heavy (non-hydrogen) atoms. The highest BCUT2D eigenvalue weighted by Crippen LogP contribution is 2.20. The smallest absolute Gasteiger partial charge is 0.213 e. The van der Waals surface area contributed by atoms with E-state index in [0.29, 0.717) is 0 Å². The van der Waals surface area contributed by atoms with Gasteiger partial charge in [-0.1, -0.05) is 6.07 Å². The maximum atomic E-state index is 11.4. The minimum Gasteiger partial charge on any atom is -0.386 e. The predicted octanol–water partition coefficient (Wildman–Crippen LogP) is 1.06. The molecule has 0 spiro atoms. The molecule has 0 saturated heterocycles. The molecule has 0 aliphatic rings. The fourth-order valence-electron chi connectivity index (χ4n) is 1.15. The van der Waals surface area contributed by atoms with Crippen molar-refractivity contribution >= 4 is 21.4 Å². The summed E-state index contributed by atoms with van der Waals surface area (Å²) in [6.07, 6.45) is -0.740. The minimum atomic E-state index is -3.21. The number of hydrogen-bond donors (Lipinski definition) is 1. The number of thiophene rings is 1. The van der Waals surface area contributed by atoms with Crippen molar-refractivity contribution in [3.05, 3.63) is 22.4 Å². The molecule has 0 radical (unpaired) electrons. The van der Waals surface area contributed by atoms with Gasteiger partial charge in [-0.25, -0.2) is 12.7 Å². The zero-order chi connectivity index (χ0) is 11.5. The van der Waals surface area contributed by atoms with Gasteiger partial charge in [0.25, 0.3) is 0 Å². The highest BCUT2D eigenvalue weighted by atomic mass is 32.2. The van der Waals surface area contributed by atoms with E-state index >= 15 is 0 Å². The molecular formula is C9H15NO3S2. The second kappa shape index (κ2) is 5.07. The average Bonchev–Trinajstić information content (AvgIpc) is 2.70. The van der Waals surface area contributed by atoms with Gasteiger partial charge < -0.3 is 5.11 Å². The topological polar surface area (TPSA) is 57.6 Å². The fraction of sp³-hybridized carbons (Fsp3) is 0.556. The summed E-state index contributed by atoms with van der Waals surface area (Å²) < 4.78 is 24.0. The summed E-state index contributed by atoms with van der Waals surface area (Å²) in [5.41, 5.74) is 0. The molecule has 86 valence electrons. The molecule has 0 aliphatic carbocycles. The van der Waals surface area contributed by atoms with Crippen LogP contribution in [0.15, 0.2) is 17.5 Å². The first-order chi connectivity index (χ1) is 6.97. The summed E-state index contributed by atoms with van der Waals surface area (Å²) in [7, 11) is -1.72. The Labute approximate surface area is 94.2 Å². The standard InChI is InChI=1S/C9H15NO3S2/c1-3-15(12,13)10(2)7-8(11)9-5-4-6-14-9/h4-6,8,11H,3,7H2,1-2H3. The minimum absolute atomic E-state index is 0.0562. The molecule has 0 fully saturated rings. The first-order valence-electron chi connectivity index (χ1n) is 4.63. The van der Waals surface area contributed by atoms with Crippen LogP contribution in [0.2, 0.25) is 0 Å². The van der Waals surface area contributed by atoms with Crippen molar-refractivity contribution in [2.45, 2.75) is 13.0 Å². The van der Waals surface area contributed by atoms with Crippen LogP contribution >= 0.6 is 11.3 Å². The van der Waals surface area contributed by atoms with Gasteiger partial charge in [0.2, 0.25) is 10.0 Å². The van der Waals surface area contributed by atoms with Crippen molar-refractivity contribution in [3.63, 3.8) is 0 Å². The molecule has 4 nitrogen and oxygen atoms in total. The van der Waals surface area contributed by atoms with Gasteiger partial charge in [-0.3, -0.25) is 0 Å². The lowest BCUT2D eigenvalue weighted by atomic mass is 10.3. The molecule has 0 aromatic carbocycles. The van der Waals surface area contributed by atoms with Crippen LogP contribution in [0.5, 0.6) is 0 Å². The van der Waals surface area contributed by atoms with Crippen molar-refractivity contribution in [3.8, 4) is 0 Å². The molecule has 1 atom stereocenters. The third-order valence-corrected chi connectivity index (χ3v) is 4.94. The molecule has 1 unspecified atom stereocenters. The van der Waals surface area contributed by atoms with Crippen LogP contribution in [0.25, 0.3) is 0 Å². The number of aliphatic hydroxyl groups excluding tert-OH is 1. The highest BCUT2D eigenvalue weighted by molar-refractivity contribution is 7.89. The van der Waals surface area contributed by atoms with E-state index in [0.717, 1.165) is 4.88 Å². The number of aliphatic hydroxyl groups is 1. The zero-order valence-electron chi connectivity index (χ0n) is 8.75. The van der Waals surface area contributed by atoms with Crippen LogP contribution in [-0.4, -0.2) is 37.2 Å². The third kappa shape index (κ3) is 3.27. The Bertz CT molecular complexity index is 385. The summed E-state index contributed by atoms with van der Waals surface area (Å²) in [4.78, 5) is 0.785. The van der Waals surface area contributed by atoms with Crippen LogP contribution < -0.4 is 0 Å². The van der Waals surface area contributed by atoms with Crippen LogP contribution in [0, 0.1) is 0 Å². The molecule has 1 rings (SSSR count). The largest absolute Gasteiger partial charge is 0.386 e. The maximum absolute atomic E-state index is 11.4. The summed E-state index contributed by atoms with van der Waals surface area (Å²) in [5, 5.41) is 11.6.